The number of ether oxygens (including phenoxy) is 2. The zero-order valence-electron chi connectivity index (χ0n) is 15.9. The number of nitrogens with zero attached hydrogens (tertiary/aromatic N) is 3. The number of aryl methyl sites for hydroxylation is 1. The lowest BCUT2D eigenvalue weighted by Crippen LogP contribution is -2.30. The Balaban J connectivity index is 1.48. The summed E-state index contributed by atoms with van der Waals surface area (Å²) in [6.45, 7) is 4.44. The minimum absolute atomic E-state index is 0.564. The quantitative estimate of drug-likeness (QED) is 0.688. The first-order valence-electron chi connectivity index (χ1n) is 9.02. The Bertz CT molecular complexity index is 934. The van der Waals surface area contributed by atoms with E-state index < -0.39 is 0 Å². The average molecular weight is 365 g/mol. The highest BCUT2D eigenvalue weighted by atomic mass is 16.5. The van der Waals surface area contributed by atoms with Gasteiger partial charge >= 0.3 is 0 Å². The molecule has 6 heteroatoms. The predicted molar refractivity (Wildman–Crippen MR) is 102 cm³/mol. The number of hydrogen-bond donors (Lipinski definition) is 0. The second-order valence-electron chi connectivity index (χ2n) is 6.80. The van der Waals surface area contributed by atoms with Gasteiger partial charge in [-0.2, -0.15) is 0 Å². The maximum Gasteiger partial charge on any atom is 0.247 e. The third-order valence-electron chi connectivity index (χ3n) is 4.92. The molecule has 0 N–H and O–H groups in total. The first-order chi connectivity index (χ1) is 13.2. The smallest absolute Gasteiger partial charge is 0.247 e. The summed E-state index contributed by atoms with van der Waals surface area (Å²) in [6, 6.07) is 12.2. The average Bonchev–Trinajstić information content (AvgIpc) is 3.15. The zero-order valence-corrected chi connectivity index (χ0v) is 15.9. The normalized spacial score (nSPS) is 14.0. The lowest BCUT2D eigenvalue weighted by molar-refractivity contribution is 0.221. The number of aromatic nitrogens is 2. The van der Waals surface area contributed by atoms with E-state index in [-0.39, 0.29) is 0 Å². The second-order valence-corrected chi connectivity index (χ2v) is 6.80. The second kappa shape index (κ2) is 7.40. The highest BCUT2D eigenvalue weighted by molar-refractivity contribution is 5.52. The lowest BCUT2D eigenvalue weighted by atomic mass is 9.99. The molecule has 0 saturated heterocycles. The van der Waals surface area contributed by atoms with Crippen LogP contribution < -0.4 is 9.47 Å². The molecule has 0 saturated carbocycles. The number of fused-ring (bicyclic) bond motifs is 1. The highest BCUT2D eigenvalue weighted by Crippen LogP contribution is 2.33. The van der Waals surface area contributed by atoms with Crippen molar-refractivity contribution >= 4 is 0 Å². The van der Waals surface area contributed by atoms with Gasteiger partial charge in [-0.05, 0) is 48.7 Å². The Hall–Kier alpha value is -2.86. The summed E-state index contributed by atoms with van der Waals surface area (Å²) >= 11 is 0. The molecular weight excluding hydrogens is 342 g/mol. The van der Waals surface area contributed by atoms with Crippen LogP contribution in [0.2, 0.25) is 0 Å². The molecular formula is C21H23N3O3. The molecule has 4 rings (SSSR count). The maximum absolute atomic E-state index is 5.87. The van der Waals surface area contributed by atoms with Crippen molar-refractivity contribution in [3.63, 3.8) is 0 Å². The fourth-order valence-corrected chi connectivity index (χ4v) is 3.40. The summed E-state index contributed by atoms with van der Waals surface area (Å²) in [5.74, 6) is 2.74. The fraction of sp³-hybridized carbons (Fsp3) is 0.333. The molecule has 3 aromatic rings. The van der Waals surface area contributed by atoms with Crippen molar-refractivity contribution < 1.29 is 13.9 Å². The summed E-state index contributed by atoms with van der Waals surface area (Å²) in [5, 5.41) is 8.42. The number of benzene rings is 2. The fourth-order valence-electron chi connectivity index (χ4n) is 3.40. The molecule has 1 aromatic heterocycles. The molecule has 0 atom stereocenters. The largest absolute Gasteiger partial charge is 0.493 e. The molecule has 0 unspecified atom stereocenters. The Labute approximate surface area is 158 Å². The Morgan fingerprint density at radius 1 is 1.00 bits per heavy atom. The zero-order chi connectivity index (χ0) is 18.8. The van der Waals surface area contributed by atoms with Gasteiger partial charge in [0, 0.05) is 18.7 Å². The van der Waals surface area contributed by atoms with E-state index in [1.807, 2.05) is 24.3 Å². The van der Waals surface area contributed by atoms with Crippen molar-refractivity contribution in [3.8, 4) is 23.0 Å². The Morgan fingerprint density at radius 3 is 2.41 bits per heavy atom. The van der Waals surface area contributed by atoms with Gasteiger partial charge in [0.2, 0.25) is 11.8 Å². The Morgan fingerprint density at radius 2 is 1.70 bits per heavy atom. The lowest BCUT2D eigenvalue weighted by Gasteiger charge is -2.28. The molecule has 6 nitrogen and oxygen atoms in total. The third kappa shape index (κ3) is 3.66. The van der Waals surface area contributed by atoms with Crippen LogP contribution in [0.4, 0.5) is 0 Å². The predicted octanol–water partition coefficient (Wildman–Crippen LogP) is 3.62. The third-order valence-corrected chi connectivity index (χ3v) is 4.92. The summed E-state index contributed by atoms with van der Waals surface area (Å²) in [5.41, 5.74) is 4.70. The van der Waals surface area contributed by atoms with Gasteiger partial charge in [-0.3, -0.25) is 4.90 Å². The first-order valence-corrected chi connectivity index (χ1v) is 9.02. The number of methoxy groups -OCH3 is 2. The molecule has 0 aliphatic carbocycles. The number of hydrogen-bond acceptors (Lipinski definition) is 6. The van der Waals surface area contributed by atoms with Crippen molar-refractivity contribution in [2.45, 2.75) is 26.4 Å². The number of rotatable bonds is 5. The van der Waals surface area contributed by atoms with Crippen LogP contribution in [0, 0.1) is 6.92 Å². The van der Waals surface area contributed by atoms with Crippen molar-refractivity contribution in [1.82, 2.24) is 15.1 Å². The van der Waals surface area contributed by atoms with Crippen LogP contribution >= 0.6 is 0 Å². The maximum atomic E-state index is 5.87. The van der Waals surface area contributed by atoms with Gasteiger partial charge in [-0.15, -0.1) is 10.2 Å². The Kier molecular flexibility index (Phi) is 4.81. The molecule has 2 heterocycles. The van der Waals surface area contributed by atoms with E-state index in [1.165, 1.54) is 16.7 Å². The van der Waals surface area contributed by atoms with Crippen molar-refractivity contribution in [1.29, 1.82) is 0 Å². The molecule has 1 aliphatic heterocycles. The summed E-state index contributed by atoms with van der Waals surface area (Å²) in [4.78, 5) is 2.31. The van der Waals surface area contributed by atoms with Gasteiger partial charge in [-0.25, -0.2) is 0 Å². The van der Waals surface area contributed by atoms with Crippen LogP contribution in [0.1, 0.15) is 22.6 Å². The van der Waals surface area contributed by atoms with Crippen LogP contribution in [0.5, 0.6) is 11.5 Å². The van der Waals surface area contributed by atoms with Crippen LogP contribution in [-0.4, -0.2) is 35.9 Å². The van der Waals surface area contributed by atoms with E-state index in [4.69, 9.17) is 13.9 Å². The van der Waals surface area contributed by atoms with Crippen molar-refractivity contribution in [2.75, 3.05) is 20.8 Å². The SMILES string of the molecule is COc1cc2c(cc1OC)CN(Cc1nnc(-c3ccc(C)cc3)o1)CC2. The minimum atomic E-state index is 0.564. The van der Waals surface area contributed by atoms with E-state index in [9.17, 15) is 0 Å². The van der Waals surface area contributed by atoms with Gasteiger partial charge in [0.05, 0.1) is 20.8 Å². The van der Waals surface area contributed by atoms with E-state index >= 15 is 0 Å². The van der Waals surface area contributed by atoms with E-state index in [1.54, 1.807) is 14.2 Å². The molecule has 1 aliphatic rings. The molecule has 0 amide bonds. The molecule has 27 heavy (non-hydrogen) atoms. The van der Waals surface area contributed by atoms with Gasteiger partial charge in [0.25, 0.3) is 0 Å². The summed E-state index contributed by atoms with van der Waals surface area (Å²) in [7, 11) is 3.33. The topological polar surface area (TPSA) is 60.6 Å². The molecule has 2 aromatic carbocycles. The molecule has 0 spiro atoms. The van der Waals surface area contributed by atoms with Crippen LogP contribution in [-0.2, 0) is 19.5 Å². The van der Waals surface area contributed by atoms with Crippen molar-refractivity contribution in [2.24, 2.45) is 0 Å². The van der Waals surface area contributed by atoms with Crippen LogP contribution in [0.3, 0.4) is 0 Å². The van der Waals surface area contributed by atoms with Crippen molar-refractivity contribution in [3.05, 3.63) is 59.0 Å². The highest BCUT2D eigenvalue weighted by Gasteiger charge is 2.21. The standard InChI is InChI=1S/C21H23N3O3/c1-14-4-6-15(7-5-14)21-23-22-20(27-21)13-24-9-8-16-10-18(25-2)19(26-3)11-17(16)12-24/h4-7,10-11H,8-9,12-13H2,1-3H3. The monoisotopic (exact) mass is 365 g/mol. The summed E-state index contributed by atoms with van der Waals surface area (Å²) in [6.07, 6.45) is 0.953. The van der Waals surface area contributed by atoms with Gasteiger partial charge in [0.15, 0.2) is 11.5 Å². The molecule has 0 radical (unpaired) electrons. The summed E-state index contributed by atoms with van der Waals surface area (Å²) < 4.78 is 16.7. The molecule has 140 valence electrons. The van der Waals surface area contributed by atoms with Crippen LogP contribution in [0.25, 0.3) is 11.5 Å². The minimum Gasteiger partial charge on any atom is -0.493 e. The van der Waals surface area contributed by atoms with Crippen LogP contribution in [0.15, 0.2) is 40.8 Å². The first kappa shape index (κ1) is 17.5. The van der Waals surface area contributed by atoms with Gasteiger partial charge < -0.3 is 13.9 Å². The van der Waals surface area contributed by atoms with Gasteiger partial charge in [0.1, 0.15) is 0 Å². The molecule has 0 bridgehead atoms. The van der Waals surface area contributed by atoms with Gasteiger partial charge in [-0.1, -0.05) is 17.7 Å². The van der Waals surface area contributed by atoms with E-state index in [0.717, 1.165) is 36.6 Å². The van der Waals surface area contributed by atoms with E-state index in [2.05, 4.69) is 34.2 Å². The molecule has 0 fully saturated rings. The van der Waals surface area contributed by atoms with E-state index in [0.29, 0.717) is 18.3 Å².